The number of hydrogen-bond donors (Lipinski definition) is 0. The molecular weight excluding hydrogens is 911 g/mol. The normalized spacial score (nSPS) is 15.0. The van der Waals surface area contributed by atoms with Crippen molar-refractivity contribution in [2.75, 3.05) is 4.90 Å². The highest BCUT2D eigenvalue weighted by Gasteiger charge is 2.52. The van der Waals surface area contributed by atoms with Crippen LogP contribution in [0.4, 0.5) is 17.1 Å². The van der Waals surface area contributed by atoms with Crippen molar-refractivity contribution >= 4 is 80.9 Å². The molecule has 0 amide bonds. The molecule has 13 aromatic rings. The molecular formula is C72H47NS. The average Bonchev–Trinajstić information content (AvgIpc) is 4.31. The molecule has 0 saturated heterocycles. The van der Waals surface area contributed by atoms with Crippen molar-refractivity contribution in [1.29, 1.82) is 0 Å². The molecule has 4 aliphatic carbocycles. The number of hydrogen-bond acceptors (Lipinski definition) is 2. The lowest BCUT2D eigenvalue weighted by atomic mass is 9.70. The molecule has 12 aromatic carbocycles. The molecule has 0 atom stereocenters. The summed E-state index contributed by atoms with van der Waals surface area (Å²) in [6, 6.07) is 91.2. The Labute approximate surface area is 434 Å². The summed E-state index contributed by atoms with van der Waals surface area (Å²) in [6.07, 6.45) is 4.84. The molecule has 1 heterocycles. The smallest absolute Gasteiger partial charge is 0.0726 e. The minimum atomic E-state index is -0.525. The summed E-state index contributed by atoms with van der Waals surface area (Å²) >= 11 is 1.89. The van der Waals surface area contributed by atoms with E-state index in [1.54, 1.807) is 0 Å². The quantitative estimate of drug-likeness (QED) is 0.159. The summed E-state index contributed by atoms with van der Waals surface area (Å²) < 4.78 is 2.63. The van der Waals surface area contributed by atoms with Crippen LogP contribution in [0.15, 0.2) is 237 Å². The van der Waals surface area contributed by atoms with E-state index in [-0.39, 0.29) is 5.41 Å². The van der Waals surface area contributed by atoms with Crippen molar-refractivity contribution in [2.45, 2.75) is 36.5 Å². The van der Waals surface area contributed by atoms with Gasteiger partial charge in [0.15, 0.2) is 0 Å². The van der Waals surface area contributed by atoms with E-state index in [1.807, 2.05) is 11.3 Å². The number of benzene rings is 12. The summed E-state index contributed by atoms with van der Waals surface area (Å²) in [5.74, 6) is 0. The number of rotatable bonds is 4. The van der Waals surface area contributed by atoms with E-state index in [0.29, 0.717) is 0 Å². The second-order valence-electron chi connectivity index (χ2n) is 21.3. The fourth-order valence-electron chi connectivity index (χ4n) is 15.1. The molecule has 0 radical (unpaired) electrons. The van der Waals surface area contributed by atoms with E-state index >= 15 is 0 Å². The van der Waals surface area contributed by atoms with Crippen LogP contribution < -0.4 is 4.90 Å². The van der Waals surface area contributed by atoms with Gasteiger partial charge in [0.05, 0.1) is 16.8 Å². The Balaban J connectivity index is 1.04. The van der Waals surface area contributed by atoms with Crippen molar-refractivity contribution in [2.24, 2.45) is 0 Å². The van der Waals surface area contributed by atoms with E-state index in [1.165, 1.54) is 167 Å². The highest BCUT2D eigenvalue weighted by Crippen LogP contribution is 2.66. The first-order valence-corrected chi connectivity index (χ1v) is 27.3. The molecule has 0 N–H and O–H groups in total. The number of fused-ring (bicyclic) bond motifs is 24. The molecule has 346 valence electrons. The van der Waals surface area contributed by atoms with E-state index in [4.69, 9.17) is 0 Å². The first-order valence-electron chi connectivity index (χ1n) is 26.5. The Bertz CT molecular complexity index is 4500. The first kappa shape index (κ1) is 41.0. The third kappa shape index (κ3) is 5.23. The molecule has 2 spiro atoms. The number of nitrogens with zero attached hydrogens (tertiary/aromatic N) is 1. The van der Waals surface area contributed by atoms with Crippen molar-refractivity contribution in [3.63, 3.8) is 0 Å². The van der Waals surface area contributed by atoms with E-state index in [0.717, 1.165) is 5.69 Å². The van der Waals surface area contributed by atoms with Crippen molar-refractivity contribution in [3.8, 4) is 44.5 Å². The maximum Gasteiger partial charge on any atom is 0.0726 e. The summed E-state index contributed by atoms with van der Waals surface area (Å²) in [6.45, 7) is 0. The van der Waals surface area contributed by atoms with Gasteiger partial charge in [-0.3, -0.25) is 0 Å². The molecule has 0 aliphatic heterocycles. The second-order valence-corrected chi connectivity index (χ2v) is 22.4. The Morgan fingerprint density at radius 1 is 0.311 bits per heavy atom. The highest BCUT2D eigenvalue weighted by atomic mass is 32.1. The molecule has 1 nitrogen and oxygen atoms in total. The zero-order valence-corrected chi connectivity index (χ0v) is 41.5. The topological polar surface area (TPSA) is 3.24 Å². The lowest BCUT2D eigenvalue weighted by Gasteiger charge is -2.34. The van der Waals surface area contributed by atoms with E-state index in [2.05, 4.69) is 241 Å². The van der Waals surface area contributed by atoms with Gasteiger partial charge >= 0.3 is 0 Å². The van der Waals surface area contributed by atoms with Crippen molar-refractivity contribution in [3.05, 3.63) is 270 Å². The van der Waals surface area contributed by atoms with Gasteiger partial charge in [-0.05, 0) is 160 Å². The minimum Gasteiger partial charge on any atom is -0.309 e. The van der Waals surface area contributed by atoms with Gasteiger partial charge in [-0.25, -0.2) is 0 Å². The van der Waals surface area contributed by atoms with E-state index in [9.17, 15) is 0 Å². The van der Waals surface area contributed by atoms with Gasteiger partial charge in [0.2, 0.25) is 0 Å². The van der Waals surface area contributed by atoms with Gasteiger partial charge in [0, 0.05) is 42.4 Å². The number of thiophene rings is 1. The van der Waals surface area contributed by atoms with Crippen LogP contribution in [-0.4, -0.2) is 0 Å². The van der Waals surface area contributed by atoms with Crippen LogP contribution in [0.2, 0.25) is 0 Å². The van der Waals surface area contributed by atoms with Crippen LogP contribution in [0.25, 0.3) is 97.0 Å². The van der Waals surface area contributed by atoms with Crippen LogP contribution >= 0.6 is 11.3 Å². The Kier molecular flexibility index (Phi) is 8.31. The fourth-order valence-corrected chi connectivity index (χ4v) is 16.2. The minimum absolute atomic E-state index is 0.000880. The van der Waals surface area contributed by atoms with Crippen LogP contribution in [0.5, 0.6) is 0 Å². The molecule has 1 aromatic heterocycles. The average molecular weight is 958 g/mol. The maximum atomic E-state index is 2.70. The second kappa shape index (κ2) is 15.0. The maximum absolute atomic E-state index is 2.70. The summed E-state index contributed by atoms with van der Waals surface area (Å²) in [7, 11) is 0. The summed E-state index contributed by atoms with van der Waals surface area (Å²) in [5, 5.41) is 10.3. The van der Waals surface area contributed by atoms with Crippen molar-refractivity contribution in [1.82, 2.24) is 0 Å². The molecule has 17 rings (SSSR count). The van der Waals surface area contributed by atoms with E-state index < -0.39 is 5.41 Å². The Hall–Kier alpha value is -8.56. The predicted octanol–water partition coefficient (Wildman–Crippen LogP) is 19.8. The molecule has 1 fully saturated rings. The highest BCUT2D eigenvalue weighted by molar-refractivity contribution is 7.25. The molecule has 2 heteroatoms. The zero-order valence-electron chi connectivity index (χ0n) is 40.7. The third-order valence-corrected chi connectivity index (χ3v) is 19.1. The summed E-state index contributed by atoms with van der Waals surface area (Å²) in [5.41, 5.74) is 21.8. The van der Waals surface area contributed by atoms with Gasteiger partial charge in [0.1, 0.15) is 0 Å². The monoisotopic (exact) mass is 957 g/mol. The molecule has 0 unspecified atom stereocenters. The SMILES string of the molecule is c1ccc2c(c1)-c1c(N(c3ccc4c5ccccc5c5ccccc5c4c3)c3cc4c(cc3-c3ccc5sc6ccccc6c5c3)-c3ccccc3C43c4ccccc4-c4ccccc43)cccc1C21CCCC1. The van der Waals surface area contributed by atoms with Crippen LogP contribution in [0, 0.1) is 0 Å². The van der Waals surface area contributed by atoms with Gasteiger partial charge in [0.25, 0.3) is 0 Å². The summed E-state index contributed by atoms with van der Waals surface area (Å²) in [4.78, 5) is 2.70. The Morgan fingerprint density at radius 2 is 0.838 bits per heavy atom. The first-order chi connectivity index (χ1) is 36.7. The molecule has 74 heavy (non-hydrogen) atoms. The van der Waals surface area contributed by atoms with Crippen molar-refractivity contribution < 1.29 is 0 Å². The van der Waals surface area contributed by atoms with Crippen LogP contribution in [0.1, 0.15) is 59.1 Å². The van der Waals surface area contributed by atoms with Gasteiger partial charge < -0.3 is 4.90 Å². The number of anilines is 3. The largest absolute Gasteiger partial charge is 0.309 e. The van der Waals surface area contributed by atoms with Crippen LogP contribution in [-0.2, 0) is 10.8 Å². The van der Waals surface area contributed by atoms with Gasteiger partial charge in [-0.1, -0.05) is 201 Å². The lowest BCUT2D eigenvalue weighted by Crippen LogP contribution is -2.26. The Morgan fingerprint density at radius 3 is 1.51 bits per heavy atom. The van der Waals surface area contributed by atoms with Gasteiger partial charge in [-0.15, -0.1) is 11.3 Å². The third-order valence-electron chi connectivity index (χ3n) is 18.0. The lowest BCUT2D eigenvalue weighted by molar-refractivity contribution is 0.550. The molecule has 1 saturated carbocycles. The molecule has 0 bridgehead atoms. The van der Waals surface area contributed by atoms with Gasteiger partial charge in [-0.2, -0.15) is 0 Å². The standard InChI is InChI=1S/C72H47NS/c1-2-20-48-46(18-1)47-19-3-4-21-49(47)57-41-45(35-36-50(48)57)73(66-32-17-31-64-70(66)55-26-8-10-27-60(55)71(64)38-15-16-39-71)67-43-65-58(42-56(67)44-34-37-69-59(40-44)54-25-9-14-33-68(54)74-69)53-24-7-13-30-63(53)72(65)61-28-11-5-22-51(61)52-23-6-12-29-62(52)72/h1-14,17-37,40-43H,15-16,38-39H2. The zero-order chi connectivity index (χ0) is 48.3. The van der Waals surface area contributed by atoms with Crippen LogP contribution in [0.3, 0.4) is 0 Å². The fraction of sp³-hybridized carbons (Fsp3) is 0.0833. The molecule has 4 aliphatic rings. The predicted molar refractivity (Wildman–Crippen MR) is 313 cm³/mol.